The summed E-state index contributed by atoms with van der Waals surface area (Å²) in [6.07, 6.45) is 4.57. The molecule has 266 valence electrons. The molecule has 1 spiro atoms. The van der Waals surface area contributed by atoms with E-state index in [9.17, 15) is 24.3 Å². The fourth-order valence-electron chi connectivity index (χ4n) is 8.41. The van der Waals surface area contributed by atoms with Crippen LogP contribution in [0.5, 0.6) is 11.5 Å². The van der Waals surface area contributed by atoms with E-state index in [0.717, 1.165) is 78.4 Å². The van der Waals surface area contributed by atoms with Gasteiger partial charge in [0.05, 0.1) is 36.9 Å². The lowest BCUT2D eigenvalue weighted by molar-refractivity contribution is -0.139. The molecular formula is C37H41N7O7. The Kier molecular flexibility index (Phi) is 7.91. The Morgan fingerprint density at radius 3 is 2.35 bits per heavy atom. The van der Waals surface area contributed by atoms with Gasteiger partial charge in [0.15, 0.2) is 6.23 Å². The van der Waals surface area contributed by atoms with Crippen LogP contribution in [-0.4, -0.2) is 93.4 Å². The van der Waals surface area contributed by atoms with Crippen molar-refractivity contribution in [3.63, 3.8) is 0 Å². The van der Waals surface area contributed by atoms with Gasteiger partial charge in [0.2, 0.25) is 11.8 Å². The summed E-state index contributed by atoms with van der Waals surface area (Å²) >= 11 is 0. The quantitative estimate of drug-likeness (QED) is 0.276. The highest BCUT2D eigenvalue weighted by Gasteiger charge is 2.47. The van der Waals surface area contributed by atoms with E-state index in [2.05, 4.69) is 20.2 Å². The van der Waals surface area contributed by atoms with Crippen LogP contribution in [0.25, 0.3) is 22.0 Å². The Bertz CT molecular complexity index is 2130. The number of aliphatic hydroxyl groups is 1. The average molecular weight is 696 g/mol. The summed E-state index contributed by atoms with van der Waals surface area (Å²) in [5.41, 5.74) is 5.33. The van der Waals surface area contributed by atoms with Gasteiger partial charge in [0.25, 0.3) is 11.5 Å². The van der Waals surface area contributed by atoms with Crippen molar-refractivity contribution in [2.24, 2.45) is 19.5 Å². The van der Waals surface area contributed by atoms with Gasteiger partial charge in [-0.05, 0) is 62.2 Å². The number of carbonyl (C=O) groups excluding carboxylic acids is 3. The molecule has 2 atom stereocenters. The number of methoxy groups -OCH3 is 2. The molecule has 14 heteroatoms. The normalized spacial score (nSPS) is 21.6. The second-order valence-electron chi connectivity index (χ2n) is 14.3. The van der Waals surface area contributed by atoms with Crippen LogP contribution in [-0.2, 0) is 30.2 Å². The smallest absolute Gasteiger partial charge is 0.261 e. The van der Waals surface area contributed by atoms with E-state index in [1.807, 2.05) is 37.5 Å². The van der Waals surface area contributed by atoms with E-state index in [-0.39, 0.29) is 29.7 Å². The van der Waals surface area contributed by atoms with Gasteiger partial charge in [-0.3, -0.25) is 39.0 Å². The van der Waals surface area contributed by atoms with Crippen LogP contribution in [0.2, 0.25) is 0 Å². The number of nitrogens with one attached hydrogen (secondary N) is 1. The number of piperidine rings is 2. The van der Waals surface area contributed by atoms with Crippen molar-refractivity contribution in [1.82, 2.24) is 29.5 Å². The second kappa shape index (κ2) is 12.2. The minimum atomic E-state index is -1.23. The molecule has 2 aromatic carbocycles. The summed E-state index contributed by atoms with van der Waals surface area (Å²) in [6, 6.07) is 8.66. The summed E-state index contributed by atoms with van der Waals surface area (Å²) in [4.78, 5) is 56.2. The zero-order chi connectivity index (χ0) is 35.8. The van der Waals surface area contributed by atoms with E-state index in [1.165, 1.54) is 4.90 Å². The predicted octanol–water partition coefficient (Wildman–Crippen LogP) is 2.31. The van der Waals surface area contributed by atoms with Gasteiger partial charge in [-0.2, -0.15) is 5.10 Å². The van der Waals surface area contributed by atoms with E-state index in [4.69, 9.17) is 9.47 Å². The zero-order valence-electron chi connectivity index (χ0n) is 29.1. The van der Waals surface area contributed by atoms with Crippen molar-refractivity contribution in [1.29, 1.82) is 0 Å². The van der Waals surface area contributed by atoms with Crippen LogP contribution in [0.3, 0.4) is 0 Å². The van der Waals surface area contributed by atoms with Crippen molar-refractivity contribution in [3.8, 4) is 22.6 Å². The van der Waals surface area contributed by atoms with Crippen molar-refractivity contribution in [2.75, 3.05) is 45.3 Å². The molecule has 6 heterocycles. The number of carbonyl (C=O) groups is 3. The molecule has 3 amide bonds. The van der Waals surface area contributed by atoms with E-state index in [0.29, 0.717) is 23.1 Å². The average Bonchev–Trinajstić information content (AvgIpc) is 3.61. The number of nitrogens with zero attached hydrogens (tertiary/aromatic N) is 6. The largest absolute Gasteiger partial charge is 0.496 e. The fraction of sp³-hybridized carbons (Fsp3) is 0.432. The van der Waals surface area contributed by atoms with Crippen LogP contribution in [0, 0.1) is 5.41 Å². The molecule has 51 heavy (non-hydrogen) atoms. The zero-order valence-corrected chi connectivity index (χ0v) is 29.1. The molecular weight excluding hydrogens is 654 g/mol. The number of likely N-dealkylation sites (tertiary alicyclic amines) is 1. The Labute approximate surface area is 294 Å². The van der Waals surface area contributed by atoms with Gasteiger partial charge < -0.3 is 24.0 Å². The number of aliphatic hydroxyl groups excluding tert-OH is 1. The Morgan fingerprint density at radius 2 is 1.69 bits per heavy atom. The highest BCUT2D eigenvalue weighted by molar-refractivity contribution is 6.06. The molecule has 3 saturated heterocycles. The van der Waals surface area contributed by atoms with Gasteiger partial charge in [-0.25, -0.2) is 0 Å². The second-order valence-corrected chi connectivity index (χ2v) is 14.3. The number of hydrogen-bond acceptors (Lipinski definition) is 10. The van der Waals surface area contributed by atoms with Crippen molar-refractivity contribution in [3.05, 3.63) is 69.8 Å². The minimum absolute atomic E-state index is 0.101. The number of fused-ring (bicyclic) bond motifs is 2. The predicted molar refractivity (Wildman–Crippen MR) is 187 cm³/mol. The van der Waals surface area contributed by atoms with Crippen molar-refractivity contribution < 1.29 is 29.0 Å². The third kappa shape index (κ3) is 5.35. The van der Waals surface area contributed by atoms with Gasteiger partial charge >= 0.3 is 0 Å². The molecule has 2 aromatic heterocycles. The van der Waals surface area contributed by atoms with Crippen LogP contribution in [0.1, 0.15) is 53.4 Å². The third-order valence-electron chi connectivity index (χ3n) is 11.3. The molecule has 4 aliphatic heterocycles. The minimum Gasteiger partial charge on any atom is -0.496 e. The molecule has 0 bridgehead atoms. The first-order valence-corrected chi connectivity index (χ1v) is 17.2. The molecule has 0 aliphatic carbocycles. The van der Waals surface area contributed by atoms with Gasteiger partial charge in [0, 0.05) is 74.1 Å². The number of anilines is 1. The maximum Gasteiger partial charge on any atom is 0.261 e. The highest BCUT2D eigenvalue weighted by Crippen LogP contribution is 2.45. The first-order valence-electron chi connectivity index (χ1n) is 17.2. The Morgan fingerprint density at radius 1 is 0.980 bits per heavy atom. The van der Waals surface area contributed by atoms with Crippen molar-refractivity contribution >= 4 is 34.3 Å². The summed E-state index contributed by atoms with van der Waals surface area (Å²) < 4.78 is 15.1. The highest BCUT2D eigenvalue weighted by atomic mass is 16.5. The van der Waals surface area contributed by atoms with Crippen LogP contribution in [0.4, 0.5) is 5.69 Å². The molecule has 2 N–H and O–H groups in total. The van der Waals surface area contributed by atoms with E-state index < -0.39 is 24.1 Å². The van der Waals surface area contributed by atoms with E-state index >= 15 is 0 Å². The summed E-state index contributed by atoms with van der Waals surface area (Å²) in [7, 11) is 6.89. The molecule has 0 saturated carbocycles. The molecule has 0 radical (unpaired) electrons. The Balaban J connectivity index is 0.940. The number of imide groups is 1. The number of benzene rings is 2. The first kappa shape index (κ1) is 33.0. The van der Waals surface area contributed by atoms with Gasteiger partial charge in [-0.1, -0.05) is 6.07 Å². The number of amides is 3. The number of rotatable bonds is 7. The van der Waals surface area contributed by atoms with Gasteiger partial charge in [0.1, 0.15) is 17.5 Å². The molecule has 4 aromatic rings. The lowest BCUT2D eigenvalue weighted by Crippen LogP contribution is -2.60. The molecule has 14 nitrogen and oxygen atoms in total. The standard InChI is InChI=1S/C37H41N7O7/c1-40-17-26(32-25(34(40)47)16-38-41(32)2)21-13-29(50-3)27(30(14-21)51-4)18-42-11-9-37(10-12-42)19-43(20-37)22-5-6-23-24(15-22)36(49)44(35(23)48)28-7-8-31(45)39-33(28)46/h5-6,13-17,28,35,48H,7-12,18-20H2,1-4H3,(H,39,45,46). The maximum atomic E-state index is 13.4. The SMILES string of the molecule is COc1cc(-c2cn(C)c(=O)c3cnn(C)c23)cc(OC)c1CN1CCC2(CC1)CN(c1ccc3c(c1)C(=O)N(C1CCC(=O)NC1=O)C3O)C2. The number of aromatic nitrogens is 3. The number of ether oxygens (including phenoxy) is 2. The lowest BCUT2D eigenvalue weighted by Gasteiger charge is -2.55. The number of aryl methyl sites for hydroxylation is 2. The maximum absolute atomic E-state index is 13.4. The summed E-state index contributed by atoms with van der Waals surface area (Å²) in [5, 5.41) is 18.1. The molecule has 3 fully saturated rings. The third-order valence-corrected chi connectivity index (χ3v) is 11.3. The lowest BCUT2D eigenvalue weighted by atomic mass is 9.71. The number of hydrogen-bond donors (Lipinski definition) is 2. The fourth-order valence-corrected chi connectivity index (χ4v) is 8.41. The van der Waals surface area contributed by atoms with Gasteiger partial charge in [-0.15, -0.1) is 0 Å². The number of pyridine rings is 1. The topological polar surface area (TPSA) is 151 Å². The van der Waals surface area contributed by atoms with Crippen LogP contribution < -0.4 is 25.2 Å². The Hall–Kier alpha value is -5.21. The summed E-state index contributed by atoms with van der Waals surface area (Å²) in [5.74, 6) is 0.127. The van der Waals surface area contributed by atoms with Crippen LogP contribution >= 0.6 is 0 Å². The molecule has 2 unspecified atom stereocenters. The monoisotopic (exact) mass is 695 g/mol. The summed E-state index contributed by atoms with van der Waals surface area (Å²) in [6.45, 7) is 4.23. The van der Waals surface area contributed by atoms with E-state index in [1.54, 1.807) is 42.8 Å². The van der Waals surface area contributed by atoms with Crippen LogP contribution in [0.15, 0.2) is 47.5 Å². The first-order chi connectivity index (χ1) is 24.5. The molecule has 4 aliphatic rings. The van der Waals surface area contributed by atoms with Crippen molar-refractivity contribution in [2.45, 2.75) is 44.5 Å². The molecule has 8 rings (SSSR count).